The smallest absolute Gasteiger partial charge is 0.411 e. The minimum absolute atomic E-state index is 0.132. The van der Waals surface area contributed by atoms with E-state index in [4.69, 9.17) is 4.74 Å². The highest BCUT2D eigenvalue weighted by Crippen LogP contribution is 2.15. The molecule has 0 saturated heterocycles. The van der Waals surface area contributed by atoms with Crippen LogP contribution in [0.1, 0.15) is 23.7 Å². The average Bonchev–Trinajstić information content (AvgIpc) is 2.34. The Labute approximate surface area is 108 Å². The van der Waals surface area contributed by atoms with Crippen molar-refractivity contribution in [3.8, 4) is 5.75 Å². The summed E-state index contributed by atoms with van der Waals surface area (Å²) in [4.78, 5) is 15.5. The first-order chi connectivity index (χ1) is 8.92. The third kappa shape index (κ3) is 6.19. The van der Waals surface area contributed by atoms with E-state index in [0.29, 0.717) is 17.9 Å². The highest BCUT2D eigenvalue weighted by atomic mass is 19.4. The zero-order chi connectivity index (χ0) is 14.3. The van der Waals surface area contributed by atoms with Crippen LogP contribution >= 0.6 is 0 Å². The van der Waals surface area contributed by atoms with Gasteiger partial charge in [-0.1, -0.05) is 0 Å². The number of halogens is 3. The van der Waals surface area contributed by atoms with Gasteiger partial charge in [0.25, 0.3) is 0 Å². The summed E-state index contributed by atoms with van der Waals surface area (Å²) in [7, 11) is 0. The van der Waals surface area contributed by atoms with Gasteiger partial charge in [0.15, 0.2) is 5.78 Å². The molecule has 106 valence electrons. The summed E-state index contributed by atoms with van der Waals surface area (Å²) < 4.78 is 45.0. The molecule has 0 aromatic carbocycles. The molecule has 4 nitrogen and oxygen atoms in total. The minimum Gasteiger partial charge on any atom is -0.492 e. The van der Waals surface area contributed by atoms with Crippen molar-refractivity contribution in [3.63, 3.8) is 0 Å². The predicted molar refractivity (Wildman–Crippen MR) is 61.2 cm³/mol. The molecule has 1 rings (SSSR count). The lowest BCUT2D eigenvalue weighted by molar-refractivity contribution is -0.173. The third-order valence-corrected chi connectivity index (χ3v) is 2.09. The molecule has 1 aromatic rings. The Balaban J connectivity index is 2.43. The molecule has 0 spiro atoms. The second kappa shape index (κ2) is 7.08. The van der Waals surface area contributed by atoms with Crippen LogP contribution in [-0.4, -0.2) is 36.8 Å². The molecule has 0 fully saturated rings. The fourth-order valence-corrected chi connectivity index (χ4v) is 1.31. The quantitative estimate of drug-likeness (QED) is 0.568. The Morgan fingerprint density at radius 2 is 2.11 bits per heavy atom. The Bertz CT molecular complexity index is 421. The summed E-state index contributed by atoms with van der Waals surface area (Å²) in [5.74, 6) is 0.112. The van der Waals surface area contributed by atoms with Gasteiger partial charge in [0, 0.05) is 18.2 Å². The van der Waals surface area contributed by atoms with Crippen molar-refractivity contribution in [2.45, 2.75) is 19.5 Å². The molecule has 7 heteroatoms. The second-order valence-electron chi connectivity index (χ2n) is 3.68. The van der Waals surface area contributed by atoms with E-state index in [-0.39, 0.29) is 18.8 Å². The van der Waals surface area contributed by atoms with E-state index in [2.05, 4.69) is 9.72 Å². The van der Waals surface area contributed by atoms with Crippen molar-refractivity contribution in [2.75, 3.05) is 19.8 Å². The Morgan fingerprint density at radius 3 is 2.74 bits per heavy atom. The summed E-state index contributed by atoms with van der Waals surface area (Å²) in [5, 5.41) is 0. The van der Waals surface area contributed by atoms with Crippen molar-refractivity contribution >= 4 is 5.78 Å². The number of carbonyl (C=O) groups excluding carboxylic acids is 1. The van der Waals surface area contributed by atoms with Crippen LogP contribution in [0.25, 0.3) is 0 Å². The molecule has 1 heterocycles. The molecule has 1 aromatic heterocycles. The standard InChI is InChI=1S/C12H14F3NO3/c1-2-19-10-5-9(6-16-7-10)11(17)3-4-18-8-12(13,14)15/h5-7H,2-4,8H2,1H3. The number of pyridine rings is 1. The number of ether oxygens (including phenoxy) is 2. The number of hydrogen-bond donors (Lipinski definition) is 0. The number of carbonyl (C=O) groups is 1. The van der Waals surface area contributed by atoms with Gasteiger partial charge in [-0.05, 0) is 13.0 Å². The van der Waals surface area contributed by atoms with Crippen molar-refractivity contribution in [3.05, 3.63) is 24.0 Å². The van der Waals surface area contributed by atoms with Gasteiger partial charge < -0.3 is 9.47 Å². The van der Waals surface area contributed by atoms with Crippen LogP contribution in [0.3, 0.4) is 0 Å². The molecule has 0 radical (unpaired) electrons. The first kappa shape index (κ1) is 15.4. The van der Waals surface area contributed by atoms with Crippen molar-refractivity contribution in [1.29, 1.82) is 0 Å². The number of alkyl halides is 3. The zero-order valence-electron chi connectivity index (χ0n) is 10.4. The van der Waals surface area contributed by atoms with Gasteiger partial charge in [0.05, 0.1) is 19.4 Å². The predicted octanol–water partition coefficient (Wildman–Crippen LogP) is 2.63. The molecule has 0 N–H and O–H groups in total. The molecule has 0 aliphatic heterocycles. The van der Waals surface area contributed by atoms with E-state index in [0.717, 1.165) is 0 Å². The number of hydrogen-bond acceptors (Lipinski definition) is 4. The monoisotopic (exact) mass is 277 g/mol. The molecule has 0 aliphatic carbocycles. The fourth-order valence-electron chi connectivity index (χ4n) is 1.31. The van der Waals surface area contributed by atoms with Gasteiger partial charge in [-0.25, -0.2) is 0 Å². The molecule has 0 atom stereocenters. The summed E-state index contributed by atoms with van der Waals surface area (Å²) in [6.07, 6.45) is -1.71. The lowest BCUT2D eigenvalue weighted by Gasteiger charge is -2.07. The fraction of sp³-hybridized carbons (Fsp3) is 0.500. The van der Waals surface area contributed by atoms with E-state index in [1.807, 2.05) is 0 Å². The molecular weight excluding hydrogens is 263 g/mol. The van der Waals surface area contributed by atoms with Crippen LogP contribution in [0.2, 0.25) is 0 Å². The minimum atomic E-state index is -4.38. The van der Waals surface area contributed by atoms with Crippen molar-refractivity contribution in [2.24, 2.45) is 0 Å². The van der Waals surface area contributed by atoms with Crippen LogP contribution in [0.4, 0.5) is 13.2 Å². The van der Waals surface area contributed by atoms with Crippen LogP contribution in [0.5, 0.6) is 5.75 Å². The van der Waals surface area contributed by atoms with Crippen LogP contribution < -0.4 is 4.74 Å². The Kier molecular flexibility index (Phi) is 5.75. The molecule has 0 aliphatic rings. The van der Waals surface area contributed by atoms with Gasteiger partial charge >= 0.3 is 6.18 Å². The normalized spacial score (nSPS) is 11.4. The van der Waals surface area contributed by atoms with Gasteiger partial charge in [-0.15, -0.1) is 0 Å². The zero-order valence-corrected chi connectivity index (χ0v) is 10.4. The number of aromatic nitrogens is 1. The molecule has 0 bridgehead atoms. The van der Waals surface area contributed by atoms with E-state index < -0.39 is 12.8 Å². The van der Waals surface area contributed by atoms with Gasteiger partial charge in [0.1, 0.15) is 12.4 Å². The van der Waals surface area contributed by atoms with Crippen molar-refractivity contribution in [1.82, 2.24) is 4.98 Å². The lowest BCUT2D eigenvalue weighted by atomic mass is 10.1. The largest absolute Gasteiger partial charge is 0.492 e. The molecular formula is C12H14F3NO3. The van der Waals surface area contributed by atoms with Crippen LogP contribution in [0, 0.1) is 0 Å². The van der Waals surface area contributed by atoms with Crippen molar-refractivity contribution < 1.29 is 27.4 Å². The van der Waals surface area contributed by atoms with E-state index in [1.54, 1.807) is 6.92 Å². The molecule has 0 saturated carbocycles. The third-order valence-electron chi connectivity index (χ3n) is 2.09. The average molecular weight is 277 g/mol. The highest BCUT2D eigenvalue weighted by Gasteiger charge is 2.27. The van der Waals surface area contributed by atoms with Gasteiger partial charge in [-0.2, -0.15) is 13.2 Å². The highest BCUT2D eigenvalue weighted by molar-refractivity contribution is 5.96. The first-order valence-electron chi connectivity index (χ1n) is 5.68. The number of rotatable bonds is 7. The Hall–Kier alpha value is -1.63. The molecule has 0 unspecified atom stereocenters. The topological polar surface area (TPSA) is 48.4 Å². The van der Waals surface area contributed by atoms with E-state index >= 15 is 0 Å². The van der Waals surface area contributed by atoms with Crippen LogP contribution in [-0.2, 0) is 4.74 Å². The molecule has 19 heavy (non-hydrogen) atoms. The molecule has 0 amide bonds. The second-order valence-corrected chi connectivity index (χ2v) is 3.68. The van der Waals surface area contributed by atoms with Gasteiger partial charge in [0.2, 0.25) is 0 Å². The Morgan fingerprint density at radius 1 is 1.37 bits per heavy atom. The summed E-state index contributed by atoms with van der Waals surface area (Å²) in [5.41, 5.74) is 0.293. The number of nitrogens with zero attached hydrogens (tertiary/aromatic N) is 1. The summed E-state index contributed by atoms with van der Waals surface area (Å²) >= 11 is 0. The van der Waals surface area contributed by atoms with E-state index in [9.17, 15) is 18.0 Å². The van der Waals surface area contributed by atoms with Gasteiger partial charge in [-0.3, -0.25) is 9.78 Å². The maximum absolute atomic E-state index is 11.8. The van der Waals surface area contributed by atoms with Crippen LogP contribution in [0.15, 0.2) is 18.5 Å². The lowest BCUT2D eigenvalue weighted by Crippen LogP contribution is -2.18. The SMILES string of the molecule is CCOc1cncc(C(=O)CCOCC(F)(F)F)c1. The summed E-state index contributed by atoms with van der Waals surface area (Å²) in [6.45, 7) is 0.599. The summed E-state index contributed by atoms with van der Waals surface area (Å²) in [6, 6.07) is 1.50. The maximum Gasteiger partial charge on any atom is 0.411 e. The maximum atomic E-state index is 11.8. The number of ketones is 1. The van der Waals surface area contributed by atoms with E-state index in [1.165, 1.54) is 18.5 Å². The number of Topliss-reactive ketones (excluding diaryl/α,β-unsaturated/α-hetero) is 1. The first-order valence-corrected chi connectivity index (χ1v) is 5.68.